The number of anilines is 1. The van der Waals surface area contributed by atoms with Crippen molar-refractivity contribution >= 4 is 22.9 Å². The van der Waals surface area contributed by atoms with E-state index in [4.69, 9.17) is 0 Å². The van der Waals surface area contributed by atoms with Crippen molar-refractivity contribution in [3.63, 3.8) is 0 Å². The van der Waals surface area contributed by atoms with Gasteiger partial charge in [-0.05, 0) is 45.0 Å². The molecule has 0 fully saturated rings. The van der Waals surface area contributed by atoms with Crippen molar-refractivity contribution in [3.8, 4) is 10.6 Å². The molecule has 0 atom stereocenters. The molecule has 0 spiro atoms. The fraction of sp³-hybridized carbons (Fsp3) is 0.333. The van der Waals surface area contributed by atoms with Gasteiger partial charge >= 0.3 is 0 Å². The van der Waals surface area contributed by atoms with Gasteiger partial charge < -0.3 is 10.6 Å². The molecule has 0 aliphatic rings. The molecule has 2 rings (SSSR count). The Labute approximate surface area is 123 Å². The first-order valence-corrected chi connectivity index (χ1v) is 7.37. The zero-order valence-electron chi connectivity index (χ0n) is 11.9. The average Bonchev–Trinajstić information content (AvgIpc) is 2.90. The third-order valence-electron chi connectivity index (χ3n) is 2.63. The summed E-state index contributed by atoms with van der Waals surface area (Å²) < 4.78 is 0. The van der Waals surface area contributed by atoms with Crippen LogP contribution < -0.4 is 10.6 Å². The summed E-state index contributed by atoms with van der Waals surface area (Å²) in [6.45, 7) is 6.40. The number of rotatable bonds is 4. The Balaban J connectivity index is 1.92. The Morgan fingerprint density at radius 3 is 2.50 bits per heavy atom. The van der Waals surface area contributed by atoms with Crippen LogP contribution in [-0.2, 0) is 4.79 Å². The molecule has 1 heterocycles. The lowest BCUT2D eigenvalue weighted by Gasteiger charge is -2.20. The van der Waals surface area contributed by atoms with Crippen LogP contribution in [0.5, 0.6) is 0 Å². The summed E-state index contributed by atoms with van der Waals surface area (Å²) in [5, 5.41) is 8.96. The smallest absolute Gasteiger partial charge is 0.238 e. The van der Waals surface area contributed by atoms with Crippen LogP contribution >= 0.6 is 11.3 Å². The number of nitrogens with one attached hydrogen (secondary N) is 2. The number of carbonyl (C=O) groups is 1. The maximum Gasteiger partial charge on any atom is 0.238 e. The molecular weight excluding hydrogens is 270 g/mol. The van der Waals surface area contributed by atoms with E-state index in [0.29, 0.717) is 6.54 Å². The molecule has 0 unspecified atom stereocenters. The van der Waals surface area contributed by atoms with E-state index in [1.54, 1.807) is 17.5 Å². The van der Waals surface area contributed by atoms with E-state index in [9.17, 15) is 4.79 Å². The van der Waals surface area contributed by atoms with Crippen molar-refractivity contribution in [2.45, 2.75) is 26.3 Å². The molecule has 4 nitrogen and oxygen atoms in total. The van der Waals surface area contributed by atoms with Gasteiger partial charge in [-0.2, -0.15) is 0 Å². The van der Waals surface area contributed by atoms with Crippen LogP contribution in [0.2, 0.25) is 0 Å². The molecule has 106 valence electrons. The highest BCUT2D eigenvalue weighted by Gasteiger charge is 2.11. The number of benzene rings is 1. The van der Waals surface area contributed by atoms with Gasteiger partial charge in [0.2, 0.25) is 5.91 Å². The molecule has 20 heavy (non-hydrogen) atoms. The van der Waals surface area contributed by atoms with Crippen LogP contribution in [0.1, 0.15) is 20.8 Å². The molecule has 0 saturated carbocycles. The van der Waals surface area contributed by atoms with Crippen molar-refractivity contribution in [2.24, 2.45) is 0 Å². The van der Waals surface area contributed by atoms with Gasteiger partial charge in [0, 0.05) is 28.4 Å². The predicted molar refractivity (Wildman–Crippen MR) is 83.9 cm³/mol. The zero-order valence-corrected chi connectivity index (χ0v) is 12.8. The number of carbonyl (C=O) groups excluding carboxylic acids is 1. The van der Waals surface area contributed by atoms with Crippen LogP contribution in [0.4, 0.5) is 5.69 Å². The minimum atomic E-state index is -0.0635. The summed E-state index contributed by atoms with van der Waals surface area (Å²) in [6, 6.07) is 7.72. The number of thiazole rings is 1. The summed E-state index contributed by atoms with van der Waals surface area (Å²) in [7, 11) is 0. The van der Waals surface area contributed by atoms with Gasteiger partial charge in [-0.25, -0.2) is 4.98 Å². The van der Waals surface area contributed by atoms with Gasteiger partial charge in [-0.1, -0.05) is 0 Å². The van der Waals surface area contributed by atoms with Crippen molar-refractivity contribution in [3.05, 3.63) is 35.8 Å². The first-order valence-electron chi connectivity index (χ1n) is 6.49. The standard InChI is InChI=1S/C15H19N3OS/c1-15(2,3)17-10-13(19)18-12-6-4-11(5-7-12)14-16-8-9-20-14/h4-9,17H,10H2,1-3H3,(H,18,19). The summed E-state index contributed by atoms with van der Waals surface area (Å²) >= 11 is 1.60. The number of hydrogen-bond acceptors (Lipinski definition) is 4. The van der Waals surface area contributed by atoms with Gasteiger partial charge in [-0.15, -0.1) is 11.3 Å². The van der Waals surface area contributed by atoms with Crippen molar-refractivity contribution in [2.75, 3.05) is 11.9 Å². The Bertz CT molecular complexity index is 556. The predicted octanol–water partition coefficient (Wildman–Crippen LogP) is 3.14. The second-order valence-electron chi connectivity index (χ2n) is 5.57. The molecule has 1 aromatic heterocycles. The van der Waals surface area contributed by atoms with E-state index >= 15 is 0 Å². The second-order valence-corrected chi connectivity index (χ2v) is 6.46. The van der Waals surface area contributed by atoms with Gasteiger partial charge in [0.1, 0.15) is 5.01 Å². The third kappa shape index (κ3) is 4.43. The molecule has 5 heteroatoms. The lowest BCUT2D eigenvalue weighted by atomic mass is 10.1. The lowest BCUT2D eigenvalue weighted by Crippen LogP contribution is -2.41. The monoisotopic (exact) mass is 289 g/mol. The summed E-state index contributed by atoms with van der Waals surface area (Å²) in [5.74, 6) is -0.0399. The molecule has 0 radical (unpaired) electrons. The quantitative estimate of drug-likeness (QED) is 0.909. The van der Waals surface area contributed by atoms with Crippen LogP contribution in [0.3, 0.4) is 0 Å². The highest BCUT2D eigenvalue weighted by Crippen LogP contribution is 2.23. The SMILES string of the molecule is CC(C)(C)NCC(=O)Nc1ccc(-c2nccs2)cc1. The second kappa shape index (κ2) is 6.15. The van der Waals surface area contributed by atoms with Gasteiger partial charge in [0.15, 0.2) is 0 Å². The first kappa shape index (κ1) is 14.7. The van der Waals surface area contributed by atoms with E-state index in [-0.39, 0.29) is 11.4 Å². The molecule has 0 aliphatic carbocycles. The fourth-order valence-corrected chi connectivity index (χ4v) is 2.26. The van der Waals surface area contributed by atoms with E-state index in [0.717, 1.165) is 16.3 Å². The van der Waals surface area contributed by atoms with E-state index in [1.807, 2.05) is 50.4 Å². The van der Waals surface area contributed by atoms with Crippen LogP contribution in [0.15, 0.2) is 35.8 Å². The van der Waals surface area contributed by atoms with E-state index < -0.39 is 0 Å². The lowest BCUT2D eigenvalue weighted by molar-refractivity contribution is -0.115. The van der Waals surface area contributed by atoms with Gasteiger partial charge in [0.05, 0.1) is 6.54 Å². The molecule has 0 saturated heterocycles. The highest BCUT2D eigenvalue weighted by molar-refractivity contribution is 7.13. The summed E-state index contributed by atoms with van der Waals surface area (Å²) in [4.78, 5) is 16.0. The van der Waals surface area contributed by atoms with Gasteiger partial charge in [0.25, 0.3) is 0 Å². The van der Waals surface area contributed by atoms with E-state index in [1.165, 1.54) is 0 Å². The van der Waals surface area contributed by atoms with E-state index in [2.05, 4.69) is 15.6 Å². The minimum Gasteiger partial charge on any atom is -0.325 e. The number of aromatic nitrogens is 1. The minimum absolute atomic E-state index is 0.0399. The first-order chi connectivity index (χ1) is 9.44. The average molecular weight is 289 g/mol. The molecule has 2 N–H and O–H groups in total. The Morgan fingerprint density at radius 1 is 1.25 bits per heavy atom. The Kier molecular flexibility index (Phi) is 4.52. The number of hydrogen-bond donors (Lipinski definition) is 2. The number of nitrogens with zero attached hydrogens (tertiary/aromatic N) is 1. The van der Waals surface area contributed by atoms with Crippen molar-refractivity contribution in [1.82, 2.24) is 10.3 Å². The number of amides is 1. The molecule has 1 aromatic carbocycles. The van der Waals surface area contributed by atoms with Crippen molar-refractivity contribution < 1.29 is 4.79 Å². The maximum absolute atomic E-state index is 11.8. The van der Waals surface area contributed by atoms with Gasteiger partial charge in [-0.3, -0.25) is 4.79 Å². The normalized spacial score (nSPS) is 11.3. The molecule has 0 aliphatic heterocycles. The Hall–Kier alpha value is -1.72. The zero-order chi connectivity index (χ0) is 14.6. The fourth-order valence-electron chi connectivity index (χ4n) is 1.61. The summed E-state index contributed by atoms with van der Waals surface area (Å²) in [6.07, 6.45) is 1.79. The highest BCUT2D eigenvalue weighted by atomic mass is 32.1. The van der Waals surface area contributed by atoms with Crippen LogP contribution in [-0.4, -0.2) is 23.0 Å². The molecule has 0 bridgehead atoms. The van der Waals surface area contributed by atoms with Crippen molar-refractivity contribution in [1.29, 1.82) is 0 Å². The topological polar surface area (TPSA) is 54.0 Å². The molecule has 2 aromatic rings. The molecule has 1 amide bonds. The largest absolute Gasteiger partial charge is 0.325 e. The third-order valence-corrected chi connectivity index (χ3v) is 3.45. The molecular formula is C15H19N3OS. The maximum atomic E-state index is 11.8. The summed E-state index contributed by atoms with van der Waals surface area (Å²) in [5.41, 5.74) is 1.79. The van der Waals surface area contributed by atoms with Crippen LogP contribution in [0, 0.1) is 0 Å². The van der Waals surface area contributed by atoms with Crippen LogP contribution in [0.25, 0.3) is 10.6 Å². The Morgan fingerprint density at radius 2 is 1.95 bits per heavy atom.